The topological polar surface area (TPSA) is 36.9 Å². The van der Waals surface area contributed by atoms with Crippen LogP contribution in [0.3, 0.4) is 0 Å². The zero-order valence-electron chi connectivity index (χ0n) is 8.41. The van der Waals surface area contributed by atoms with Gasteiger partial charge >= 0.3 is 0 Å². The molecular weight excluding hydrogens is 208 g/mol. The standard InChI is InChI=1S/C12H10O4/c1-3-7-11(8-4-1)13-15-16-14-12-9-5-2-6-10-12/h1-10H. The largest absolute Gasteiger partial charge is 0.305 e. The Morgan fingerprint density at radius 3 is 1.25 bits per heavy atom. The fourth-order valence-corrected chi connectivity index (χ4v) is 1.06. The maximum atomic E-state index is 4.78. The number of hydrogen-bond donors (Lipinski definition) is 0. The molecule has 82 valence electrons. The minimum atomic E-state index is 0.527. The van der Waals surface area contributed by atoms with Gasteiger partial charge in [-0.3, -0.25) is 0 Å². The highest BCUT2D eigenvalue weighted by Gasteiger charge is 1.95. The van der Waals surface area contributed by atoms with E-state index in [0.29, 0.717) is 11.5 Å². The van der Waals surface area contributed by atoms with Crippen LogP contribution in [0.25, 0.3) is 0 Å². The van der Waals surface area contributed by atoms with Crippen LogP contribution >= 0.6 is 0 Å². The monoisotopic (exact) mass is 218 g/mol. The van der Waals surface area contributed by atoms with Crippen molar-refractivity contribution in [3.05, 3.63) is 60.7 Å². The molecule has 2 rings (SSSR count). The molecule has 0 saturated heterocycles. The summed E-state index contributed by atoms with van der Waals surface area (Å²) >= 11 is 0. The molecule has 0 unspecified atom stereocenters. The molecule has 0 spiro atoms. The Balaban J connectivity index is 1.70. The third-order valence-electron chi connectivity index (χ3n) is 1.77. The predicted octanol–water partition coefficient (Wildman–Crippen LogP) is 2.92. The van der Waals surface area contributed by atoms with Gasteiger partial charge in [-0.1, -0.05) is 36.4 Å². The molecule has 0 N–H and O–H groups in total. The van der Waals surface area contributed by atoms with E-state index in [4.69, 9.17) is 9.78 Å². The van der Waals surface area contributed by atoms with E-state index in [0.717, 1.165) is 0 Å². The molecule has 4 nitrogen and oxygen atoms in total. The lowest BCUT2D eigenvalue weighted by Crippen LogP contribution is -2.02. The Morgan fingerprint density at radius 2 is 0.875 bits per heavy atom. The summed E-state index contributed by atoms with van der Waals surface area (Å²) in [5.41, 5.74) is 0. The van der Waals surface area contributed by atoms with E-state index in [9.17, 15) is 0 Å². The van der Waals surface area contributed by atoms with E-state index in [-0.39, 0.29) is 0 Å². The van der Waals surface area contributed by atoms with Gasteiger partial charge in [-0.2, -0.15) is 0 Å². The average Bonchev–Trinajstić information content (AvgIpc) is 2.37. The van der Waals surface area contributed by atoms with Gasteiger partial charge in [-0.15, -0.1) is 0 Å². The lowest BCUT2D eigenvalue weighted by molar-refractivity contribution is -0.575. The van der Waals surface area contributed by atoms with Crippen LogP contribution in [-0.2, 0) is 10.1 Å². The average molecular weight is 218 g/mol. The summed E-state index contributed by atoms with van der Waals surface area (Å²) in [4.78, 5) is 9.56. The van der Waals surface area contributed by atoms with Gasteiger partial charge in [0, 0.05) is 10.1 Å². The normalized spacial score (nSPS) is 9.75. The first-order valence-electron chi connectivity index (χ1n) is 4.73. The van der Waals surface area contributed by atoms with Crippen LogP contribution in [0.5, 0.6) is 11.5 Å². The van der Waals surface area contributed by atoms with E-state index in [1.54, 1.807) is 24.3 Å². The smallest absolute Gasteiger partial charge is 0.168 e. The minimum Gasteiger partial charge on any atom is -0.305 e. The van der Waals surface area contributed by atoms with Crippen molar-refractivity contribution in [2.24, 2.45) is 0 Å². The fourth-order valence-electron chi connectivity index (χ4n) is 1.06. The van der Waals surface area contributed by atoms with Gasteiger partial charge in [0.1, 0.15) is 0 Å². The molecule has 0 bridgehead atoms. The van der Waals surface area contributed by atoms with E-state index in [2.05, 4.69) is 10.1 Å². The second-order valence-corrected chi connectivity index (χ2v) is 2.93. The molecule has 0 radical (unpaired) electrons. The van der Waals surface area contributed by atoms with Crippen LogP contribution in [0, 0.1) is 0 Å². The summed E-state index contributed by atoms with van der Waals surface area (Å²) < 4.78 is 0. The van der Waals surface area contributed by atoms with E-state index in [1.807, 2.05) is 36.4 Å². The molecule has 0 aliphatic heterocycles. The molecule has 0 fully saturated rings. The van der Waals surface area contributed by atoms with Crippen molar-refractivity contribution in [1.82, 2.24) is 0 Å². The van der Waals surface area contributed by atoms with Gasteiger partial charge < -0.3 is 9.78 Å². The highest BCUT2D eigenvalue weighted by Crippen LogP contribution is 2.11. The molecule has 0 amide bonds. The van der Waals surface area contributed by atoms with Crippen LogP contribution in [0.2, 0.25) is 0 Å². The lowest BCUT2D eigenvalue weighted by atomic mass is 10.3. The summed E-state index contributed by atoms with van der Waals surface area (Å²) in [7, 11) is 0. The summed E-state index contributed by atoms with van der Waals surface area (Å²) in [6.07, 6.45) is 0. The maximum Gasteiger partial charge on any atom is 0.168 e. The van der Waals surface area contributed by atoms with E-state index < -0.39 is 0 Å². The Labute approximate surface area is 92.7 Å². The molecule has 4 heteroatoms. The molecular formula is C12H10O4. The first-order chi connectivity index (χ1) is 7.95. The highest BCUT2D eigenvalue weighted by molar-refractivity contribution is 5.20. The summed E-state index contributed by atoms with van der Waals surface area (Å²) in [6.45, 7) is 0. The highest BCUT2D eigenvalue weighted by atomic mass is 17.7. The molecule has 16 heavy (non-hydrogen) atoms. The zero-order chi connectivity index (χ0) is 11.1. The van der Waals surface area contributed by atoms with Crippen molar-refractivity contribution < 1.29 is 19.9 Å². The number of para-hydroxylation sites is 2. The number of rotatable bonds is 5. The van der Waals surface area contributed by atoms with Gasteiger partial charge in [0.25, 0.3) is 0 Å². The number of hydrogen-bond acceptors (Lipinski definition) is 4. The van der Waals surface area contributed by atoms with Crippen LogP contribution < -0.4 is 9.78 Å². The quantitative estimate of drug-likeness (QED) is 0.439. The van der Waals surface area contributed by atoms with Gasteiger partial charge in [-0.05, 0) is 24.3 Å². The van der Waals surface area contributed by atoms with Gasteiger partial charge in [-0.25, -0.2) is 0 Å². The Kier molecular flexibility index (Phi) is 3.76. The van der Waals surface area contributed by atoms with Gasteiger partial charge in [0.05, 0.1) is 0 Å². The summed E-state index contributed by atoms with van der Waals surface area (Å²) in [6, 6.07) is 17.9. The molecule has 0 aliphatic rings. The Morgan fingerprint density at radius 1 is 0.500 bits per heavy atom. The summed E-state index contributed by atoms with van der Waals surface area (Å²) in [5.74, 6) is 1.05. The fraction of sp³-hybridized carbons (Fsp3) is 0. The van der Waals surface area contributed by atoms with Crippen molar-refractivity contribution in [3.8, 4) is 11.5 Å². The van der Waals surface area contributed by atoms with Crippen LogP contribution in [0.4, 0.5) is 0 Å². The molecule has 2 aromatic carbocycles. The van der Waals surface area contributed by atoms with Crippen molar-refractivity contribution in [2.45, 2.75) is 0 Å². The van der Waals surface area contributed by atoms with Crippen molar-refractivity contribution >= 4 is 0 Å². The summed E-state index contributed by atoms with van der Waals surface area (Å²) in [5, 5.41) is 8.80. The third-order valence-corrected chi connectivity index (χ3v) is 1.77. The molecule has 2 aromatic rings. The SMILES string of the molecule is c1ccc(OOOOc2ccccc2)cc1. The number of benzene rings is 2. The Bertz CT molecular complexity index is 360. The Hall–Kier alpha value is -2.04. The molecule has 0 atom stereocenters. The van der Waals surface area contributed by atoms with Crippen LogP contribution in [0.15, 0.2) is 60.7 Å². The molecule has 0 saturated carbocycles. The third kappa shape index (κ3) is 3.27. The van der Waals surface area contributed by atoms with Gasteiger partial charge in [0.15, 0.2) is 11.5 Å². The zero-order valence-corrected chi connectivity index (χ0v) is 8.41. The van der Waals surface area contributed by atoms with Crippen molar-refractivity contribution in [1.29, 1.82) is 0 Å². The van der Waals surface area contributed by atoms with E-state index in [1.165, 1.54) is 0 Å². The van der Waals surface area contributed by atoms with Crippen LogP contribution in [0.1, 0.15) is 0 Å². The van der Waals surface area contributed by atoms with Crippen LogP contribution in [-0.4, -0.2) is 0 Å². The predicted molar refractivity (Wildman–Crippen MR) is 56.3 cm³/mol. The van der Waals surface area contributed by atoms with Gasteiger partial charge in [0.2, 0.25) is 0 Å². The molecule has 0 aromatic heterocycles. The molecule has 0 heterocycles. The maximum absolute atomic E-state index is 4.78. The molecule has 0 aliphatic carbocycles. The van der Waals surface area contributed by atoms with Crippen molar-refractivity contribution in [2.75, 3.05) is 0 Å². The minimum absolute atomic E-state index is 0.527. The first-order valence-corrected chi connectivity index (χ1v) is 4.73. The lowest BCUT2D eigenvalue weighted by Gasteiger charge is -2.02. The second kappa shape index (κ2) is 5.75. The van der Waals surface area contributed by atoms with E-state index >= 15 is 0 Å². The van der Waals surface area contributed by atoms with Crippen molar-refractivity contribution in [3.63, 3.8) is 0 Å². The first kappa shape index (κ1) is 10.5. The second-order valence-electron chi connectivity index (χ2n) is 2.93.